The Hall–Kier alpha value is -1.33. The molecule has 0 fully saturated rings. The maximum atomic E-state index is 11.0. The van der Waals surface area contributed by atoms with Crippen LogP contribution in [0.5, 0.6) is 5.75 Å². The largest absolute Gasteiger partial charge is 0.484 e. The summed E-state index contributed by atoms with van der Waals surface area (Å²) < 4.78 is 7.12. The van der Waals surface area contributed by atoms with Crippen molar-refractivity contribution in [2.24, 2.45) is 0 Å². The van der Waals surface area contributed by atoms with Crippen molar-refractivity contribution in [2.75, 3.05) is 0 Å². The third kappa shape index (κ3) is 3.41. The Morgan fingerprint density at radius 2 is 1.70 bits per heavy atom. The quantitative estimate of drug-likeness (QED) is 0.782. The highest BCUT2D eigenvalue weighted by Crippen LogP contribution is 2.37. The van der Waals surface area contributed by atoms with E-state index in [0.29, 0.717) is 14.7 Å². The lowest BCUT2D eigenvalue weighted by Crippen LogP contribution is -2.05. The molecule has 20 heavy (non-hydrogen) atoms. The molecular weight excluding hydrogens is 388 g/mol. The van der Waals surface area contributed by atoms with Crippen molar-refractivity contribution in [2.45, 2.75) is 13.0 Å². The van der Waals surface area contributed by atoms with Crippen LogP contribution in [0.2, 0.25) is 0 Å². The molecule has 2 aromatic carbocycles. The summed E-state index contributed by atoms with van der Waals surface area (Å²) in [5.41, 5.74) is 1.25. The topological polar surface area (TPSA) is 46.5 Å². The zero-order valence-electron chi connectivity index (χ0n) is 10.6. The van der Waals surface area contributed by atoms with Crippen molar-refractivity contribution < 1.29 is 14.6 Å². The van der Waals surface area contributed by atoms with Crippen LogP contribution >= 0.6 is 31.9 Å². The van der Waals surface area contributed by atoms with E-state index in [1.807, 2.05) is 37.3 Å². The summed E-state index contributed by atoms with van der Waals surface area (Å²) in [6.07, 6.45) is -0.139. The average molecular weight is 400 g/mol. The van der Waals surface area contributed by atoms with E-state index < -0.39 is 5.97 Å². The van der Waals surface area contributed by atoms with Crippen molar-refractivity contribution in [1.29, 1.82) is 0 Å². The van der Waals surface area contributed by atoms with E-state index in [4.69, 9.17) is 9.84 Å². The predicted octanol–water partition coefficient (Wildman–Crippen LogP) is 5.05. The molecular formula is C15H12Br2O3. The van der Waals surface area contributed by atoms with E-state index >= 15 is 0 Å². The fourth-order valence-corrected chi connectivity index (χ4v) is 3.14. The minimum Gasteiger partial charge on any atom is -0.484 e. The van der Waals surface area contributed by atoms with E-state index in [9.17, 15) is 4.79 Å². The molecule has 0 aliphatic heterocycles. The number of aromatic carboxylic acids is 1. The maximum absolute atomic E-state index is 11.0. The fraction of sp³-hybridized carbons (Fsp3) is 0.133. The zero-order chi connectivity index (χ0) is 14.7. The fourth-order valence-electron chi connectivity index (χ4n) is 1.76. The Morgan fingerprint density at radius 1 is 1.15 bits per heavy atom. The molecule has 0 saturated carbocycles. The van der Waals surface area contributed by atoms with Crippen LogP contribution in [-0.4, -0.2) is 11.1 Å². The SMILES string of the molecule is CC(Oc1c(Br)cc(C(=O)O)cc1Br)c1ccccc1. The molecule has 2 aromatic rings. The number of ether oxygens (including phenoxy) is 1. The second-order valence-corrected chi connectivity index (χ2v) is 5.95. The normalized spacial score (nSPS) is 11.9. The van der Waals surface area contributed by atoms with Gasteiger partial charge in [-0.2, -0.15) is 0 Å². The molecule has 0 amide bonds. The first kappa shape index (κ1) is 15.1. The Morgan fingerprint density at radius 3 is 2.20 bits per heavy atom. The van der Waals surface area contributed by atoms with E-state index in [1.54, 1.807) is 0 Å². The summed E-state index contributed by atoms with van der Waals surface area (Å²) >= 11 is 6.70. The van der Waals surface area contributed by atoms with Gasteiger partial charge in [-0.05, 0) is 56.5 Å². The molecule has 5 heteroatoms. The van der Waals surface area contributed by atoms with E-state index in [2.05, 4.69) is 31.9 Å². The number of hydrogen-bond acceptors (Lipinski definition) is 2. The number of carbonyl (C=O) groups is 1. The van der Waals surface area contributed by atoms with Gasteiger partial charge in [0, 0.05) is 0 Å². The van der Waals surface area contributed by atoms with Gasteiger partial charge in [0.1, 0.15) is 11.9 Å². The smallest absolute Gasteiger partial charge is 0.335 e. The third-order valence-corrected chi connectivity index (χ3v) is 3.99. The Kier molecular flexibility index (Phi) is 4.83. The number of carboxylic acids is 1. The summed E-state index contributed by atoms with van der Waals surface area (Å²) in [6.45, 7) is 1.94. The van der Waals surface area contributed by atoms with Gasteiger partial charge in [-0.25, -0.2) is 4.79 Å². The van der Waals surface area contributed by atoms with Gasteiger partial charge in [-0.15, -0.1) is 0 Å². The van der Waals surface area contributed by atoms with Gasteiger partial charge in [-0.3, -0.25) is 0 Å². The van der Waals surface area contributed by atoms with Gasteiger partial charge in [0.15, 0.2) is 0 Å². The third-order valence-electron chi connectivity index (χ3n) is 2.81. The van der Waals surface area contributed by atoms with Gasteiger partial charge in [0.2, 0.25) is 0 Å². The van der Waals surface area contributed by atoms with Crippen molar-refractivity contribution in [3.8, 4) is 5.75 Å². The molecule has 0 spiro atoms. The van der Waals surface area contributed by atoms with Crippen LogP contribution in [0.4, 0.5) is 0 Å². The van der Waals surface area contributed by atoms with Crippen molar-refractivity contribution >= 4 is 37.8 Å². The van der Waals surface area contributed by atoms with Gasteiger partial charge in [0.25, 0.3) is 0 Å². The minimum atomic E-state index is -0.978. The molecule has 0 aromatic heterocycles. The van der Waals surface area contributed by atoms with Crippen molar-refractivity contribution in [3.05, 3.63) is 62.5 Å². The second-order valence-electron chi connectivity index (χ2n) is 4.24. The standard InChI is InChI=1S/C15H12Br2O3/c1-9(10-5-3-2-4-6-10)20-14-12(16)7-11(15(18)19)8-13(14)17/h2-9H,1H3,(H,18,19). The van der Waals surface area contributed by atoms with Gasteiger partial charge in [0.05, 0.1) is 14.5 Å². The minimum absolute atomic E-state index is 0.139. The Balaban J connectivity index is 2.28. The van der Waals surface area contributed by atoms with Gasteiger partial charge in [-0.1, -0.05) is 30.3 Å². The lowest BCUT2D eigenvalue weighted by molar-refractivity contribution is 0.0696. The monoisotopic (exact) mass is 398 g/mol. The van der Waals surface area contributed by atoms with Crippen LogP contribution in [0.1, 0.15) is 28.9 Å². The summed E-state index contributed by atoms with van der Waals surface area (Å²) in [5, 5.41) is 9.00. The molecule has 104 valence electrons. The highest BCUT2D eigenvalue weighted by atomic mass is 79.9. The number of halogens is 2. The Bertz CT molecular complexity index is 603. The lowest BCUT2D eigenvalue weighted by Gasteiger charge is -2.17. The van der Waals surface area contributed by atoms with Crippen LogP contribution in [0.3, 0.4) is 0 Å². The van der Waals surface area contributed by atoms with E-state index in [0.717, 1.165) is 5.56 Å². The Labute approximate surface area is 133 Å². The highest BCUT2D eigenvalue weighted by molar-refractivity contribution is 9.11. The molecule has 1 N–H and O–H groups in total. The first-order chi connectivity index (χ1) is 9.49. The van der Waals surface area contributed by atoms with E-state index in [1.165, 1.54) is 12.1 Å². The number of carboxylic acid groups (broad SMARTS) is 1. The molecule has 1 unspecified atom stereocenters. The highest BCUT2D eigenvalue weighted by Gasteiger charge is 2.15. The number of rotatable bonds is 4. The molecule has 0 aliphatic rings. The van der Waals surface area contributed by atoms with E-state index in [-0.39, 0.29) is 11.7 Å². The summed E-state index contributed by atoms with van der Waals surface area (Å²) in [4.78, 5) is 11.0. The molecule has 0 saturated heterocycles. The van der Waals surface area contributed by atoms with Crippen LogP contribution in [0.15, 0.2) is 51.4 Å². The second kappa shape index (κ2) is 6.41. The zero-order valence-corrected chi connectivity index (χ0v) is 13.8. The summed E-state index contributed by atoms with van der Waals surface area (Å²) in [6, 6.07) is 12.9. The summed E-state index contributed by atoms with van der Waals surface area (Å²) in [7, 11) is 0. The molecule has 3 nitrogen and oxygen atoms in total. The first-order valence-corrected chi connectivity index (χ1v) is 7.51. The number of benzene rings is 2. The van der Waals surface area contributed by atoms with Gasteiger partial charge < -0.3 is 9.84 Å². The van der Waals surface area contributed by atoms with Crippen LogP contribution < -0.4 is 4.74 Å². The van der Waals surface area contributed by atoms with Crippen LogP contribution in [0.25, 0.3) is 0 Å². The average Bonchev–Trinajstić information content (AvgIpc) is 2.43. The van der Waals surface area contributed by atoms with Crippen molar-refractivity contribution in [1.82, 2.24) is 0 Å². The maximum Gasteiger partial charge on any atom is 0.335 e. The van der Waals surface area contributed by atoms with Crippen LogP contribution in [0, 0.1) is 0 Å². The molecule has 0 heterocycles. The summed E-state index contributed by atoms with van der Waals surface area (Å²) in [5.74, 6) is -0.389. The van der Waals surface area contributed by atoms with Gasteiger partial charge >= 0.3 is 5.97 Å². The molecule has 0 radical (unpaired) electrons. The molecule has 0 bridgehead atoms. The lowest BCUT2D eigenvalue weighted by atomic mass is 10.1. The number of hydrogen-bond donors (Lipinski definition) is 1. The van der Waals surface area contributed by atoms with Crippen molar-refractivity contribution in [3.63, 3.8) is 0 Å². The molecule has 1 atom stereocenters. The molecule has 2 rings (SSSR count). The predicted molar refractivity (Wildman–Crippen MR) is 84.3 cm³/mol. The first-order valence-electron chi connectivity index (χ1n) is 5.93. The van der Waals surface area contributed by atoms with Crippen LogP contribution in [-0.2, 0) is 0 Å². The molecule has 0 aliphatic carbocycles.